The molecular formula is C19H28N2O8. The molecule has 2 aliphatic carbocycles. The summed E-state index contributed by atoms with van der Waals surface area (Å²) in [6.45, 7) is -0.561. The molecule has 29 heavy (non-hydrogen) atoms. The maximum absolute atomic E-state index is 13.0. The molecule has 4 rings (SSSR count). The van der Waals surface area contributed by atoms with Crippen LogP contribution in [0.2, 0.25) is 0 Å². The minimum absolute atomic E-state index is 0.0873. The number of aliphatic hydroxyl groups excluding tert-OH is 4. The molecular weight excluding hydrogens is 384 g/mol. The summed E-state index contributed by atoms with van der Waals surface area (Å²) in [6, 6.07) is -0.0873. The summed E-state index contributed by atoms with van der Waals surface area (Å²) in [6.07, 6.45) is -2.11. The second kappa shape index (κ2) is 8.29. The zero-order chi connectivity index (χ0) is 20.7. The first-order valence-corrected chi connectivity index (χ1v) is 10.3. The van der Waals surface area contributed by atoms with Gasteiger partial charge >= 0.3 is 5.69 Å². The second-order valence-electron chi connectivity index (χ2n) is 8.15. The number of fused-ring (bicyclic) bond motifs is 1. The molecule has 162 valence electrons. The smallest absolute Gasteiger partial charge is 0.328 e. The van der Waals surface area contributed by atoms with Crippen LogP contribution in [0.3, 0.4) is 0 Å². The van der Waals surface area contributed by atoms with E-state index in [4.69, 9.17) is 9.47 Å². The van der Waals surface area contributed by atoms with Gasteiger partial charge in [-0.3, -0.25) is 9.36 Å². The van der Waals surface area contributed by atoms with Crippen molar-refractivity contribution in [3.63, 3.8) is 0 Å². The molecule has 0 radical (unpaired) electrons. The number of ether oxygens (including phenoxy) is 2. The maximum Gasteiger partial charge on any atom is 0.328 e. The van der Waals surface area contributed by atoms with Crippen LogP contribution in [-0.2, 0) is 15.9 Å². The van der Waals surface area contributed by atoms with E-state index in [1.165, 1.54) is 4.57 Å². The van der Waals surface area contributed by atoms with Crippen molar-refractivity contribution in [1.29, 1.82) is 0 Å². The van der Waals surface area contributed by atoms with Crippen LogP contribution in [0.15, 0.2) is 9.59 Å². The van der Waals surface area contributed by atoms with Crippen LogP contribution in [-0.4, -0.2) is 67.3 Å². The van der Waals surface area contributed by atoms with Gasteiger partial charge in [-0.05, 0) is 25.7 Å². The Morgan fingerprint density at radius 3 is 2.45 bits per heavy atom. The SMILES string of the molecule is O=c1[nH]c2c(c(=O)n1C1CCCCC1)CCC2O[C@@H]1O[C@H](CO)[C@@H](O)[C@H](O)[C@H]1O. The molecule has 0 spiro atoms. The number of hydrogen-bond donors (Lipinski definition) is 5. The van der Waals surface area contributed by atoms with E-state index in [0.29, 0.717) is 24.1 Å². The molecule has 1 aromatic rings. The third-order valence-corrected chi connectivity index (χ3v) is 6.33. The van der Waals surface area contributed by atoms with Crippen LogP contribution >= 0.6 is 0 Å². The Kier molecular flexibility index (Phi) is 5.92. The number of nitrogens with one attached hydrogen (secondary N) is 1. The van der Waals surface area contributed by atoms with Gasteiger partial charge < -0.3 is 34.9 Å². The van der Waals surface area contributed by atoms with Crippen molar-refractivity contribution < 1.29 is 29.9 Å². The topological polar surface area (TPSA) is 154 Å². The van der Waals surface area contributed by atoms with E-state index in [0.717, 1.165) is 32.1 Å². The predicted octanol–water partition coefficient (Wildman–Crippen LogP) is -1.15. The molecule has 1 saturated carbocycles. The summed E-state index contributed by atoms with van der Waals surface area (Å²) < 4.78 is 12.5. The molecule has 1 unspecified atom stereocenters. The fraction of sp³-hybridized carbons (Fsp3) is 0.789. The van der Waals surface area contributed by atoms with E-state index >= 15 is 0 Å². The average Bonchev–Trinajstić information content (AvgIpc) is 3.12. The lowest BCUT2D eigenvalue weighted by Crippen LogP contribution is -2.59. The third kappa shape index (κ3) is 3.69. The quantitative estimate of drug-likeness (QED) is 0.415. The van der Waals surface area contributed by atoms with Crippen LogP contribution in [0.5, 0.6) is 0 Å². The highest BCUT2D eigenvalue weighted by Crippen LogP contribution is 2.34. The number of rotatable bonds is 4. The normalized spacial score (nSPS) is 35.6. The molecule has 2 fully saturated rings. The third-order valence-electron chi connectivity index (χ3n) is 6.33. The number of hydrogen-bond acceptors (Lipinski definition) is 8. The Hall–Kier alpha value is -1.56. The zero-order valence-corrected chi connectivity index (χ0v) is 16.1. The molecule has 1 aliphatic heterocycles. The van der Waals surface area contributed by atoms with Gasteiger partial charge in [0.15, 0.2) is 6.29 Å². The van der Waals surface area contributed by atoms with Crippen LogP contribution in [0.1, 0.15) is 61.9 Å². The molecule has 10 nitrogen and oxygen atoms in total. The van der Waals surface area contributed by atoms with Gasteiger partial charge in [-0.2, -0.15) is 0 Å². The summed E-state index contributed by atoms with van der Waals surface area (Å²) >= 11 is 0. The summed E-state index contributed by atoms with van der Waals surface area (Å²) in [4.78, 5) is 28.4. The fourth-order valence-corrected chi connectivity index (χ4v) is 4.69. The summed E-state index contributed by atoms with van der Waals surface area (Å²) in [5.41, 5.74) is 0.0919. The minimum Gasteiger partial charge on any atom is -0.394 e. The van der Waals surface area contributed by atoms with Gasteiger partial charge in [-0.25, -0.2) is 4.79 Å². The number of H-pyrrole nitrogens is 1. The van der Waals surface area contributed by atoms with E-state index < -0.39 is 49.1 Å². The number of aromatic amines is 1. The van der Waals surface area contributed by atoms with Gasteiger partial charge in [-0.1, -0.05) is 19.3 Å². The molecule has 10 heteroatoms. The Labute approximate surface area is 166 Å². The second-order valence-corrected chi connectivity index (χ2v) is 8.15. The summed E-state index contributed by atoms with van der Waals surface area (Å²) in [5.74, 6) is 0. The molecule has 0 aromatic carbocycles. The van der Waals surface area contributed by atoms with Crippen LogP contribution in [0.4, 0.5) is 0 Å². The first kappa shape index (κ1) is 20.7. The first-order valence-electron chi connectivity index (χ1n) is 10.3. The number of nitrogens with zero attached hydrogens (tertiary/aromatic N) is 1. The monoisotopic (exact) mass is 412 g/mol. The van der Waals surface area contributed by atoms with Gasteiger partial charge in [0.05, 0.1) is 12.3 Å². The van der Waals surface area contributed by atoms with Gasteiger partial charge in [0.2, 0.25) is 0 Å². The molecule has 0 amide bonds. The fourth-order valence-electron chi connectivity index (χ4n) is 4.69. The van der Waals surface area contributed by atoms with Crippen molar-refractivity contribution in [2.45, 2.75) is 87.8 Å². The summed E-state index contributed by atoms with van der Waals surface area (Å²) in [7, 11) is 0. The molecule has 5 N–H and O–H groups in total. The molecule has 1 aromatic heterocycles. The van der Waals surface area contributed by atoms with E-state index in [9.17, 15) is 30.0 Å². The van der Waals surface area contributed by atoms with Crippen molar-refractivity contribution >= 4 is 0 Å². The molecule has 6 atom stereocenters. The largest absolute Gasteiger partial charge is 0.394 e. The lowest BCUT2D eigenvalue weighted by atomic mass is 9.95. The molecule has 2 heterocycles. The van der Waals surface area contributed by atoms with Crippen molar-refractivity contribution in [2.24, 2.45) is 0 Å². The highest BCUT2D eigenvalue weighted by atomic mass is 16.7. The maximum atomic E-state index is 13.0. The van der Waals surface area contributed by atoms with Crippen molar-refractivity contribution in [1.82, 2.24) is 9.55 Å². The Balaban J connectivity index is 1.57. The van der Waals surface area contributed by atoms with Crippen LogP contribution < -0.4 is 11.2 Å². The highest BCUT2D eigenvalue weighted by Gasteiger charge is 2.45. The van der Waals surface area contributed by atoms with Crippen LogP contribution in [0, 0.1) is 0 Å². The van der Waals surface area contributed by atoms with E-state index in [1.807, 2.05) is 0 Å². The zero-order valence-electron chi connectivity index (χ0n) is 16.1. The number of aromatic nitrogens is 2. The first-order chi connectivity index (χ1) is 13.9. The minimum atomic E-state index is -1.55. The summed E-state index contributed by atoms with van der Waals surface area (Å²) in [5, 5.41) is 39.3. The highest BCUT2D eigenvalue weighted by molar-refractivity contribution is 5.25. The lowest BCUT2D eigenvalue weighted by molar-refractivity contribution is -0.312. The van der Waals surface area contributed by atoms with Crippen molar-refractivity contribution in [2.75, 3.05) is 6.61 Å². The molecule has 0 bridgehead atoms. The standard InChI is InChI=1S/C19H28N2O8/c22-8-12-14(23)15(24)16(25)18(29-12)28-11-7-6-10-13(11)20-19(27)21(17(10)26)9-4-2-1-3-5-9/h9,11-12,14-16,18,22-25H,1-8H2,(H,20,27)/t11?,12-,14-,15+,16-,18-/m1/s1. The number of aliphatic hydroxyl groups is 4. The van der Waals surface area contributed by atoms with Gasteiger partial charge in [0.1, 0.15) is 30.5 Å². The van der Waals surface area contributed by atoms with Crippen LogP contribution in [0.25, 0.3) is 0 Å². The predicted molar refractivity (Wildman–Crippen MR) is 99.4 cm³/mol. The van der Waals surface area contributed by atoms with E-state index in [-0.39, 0.29) is 11.6 Å². The Bertz CT molecular complexity index is 844. The van der Waals surface area contributed by atoms with E-state index in [1.54, 1.807) is 0 Å². The lowest BCUT2D eigenvalue weighted by Gasteiger charge is -2.40. The Morgan fingerprint density at radius 1 is 1.03 bits per heavy atom. The van der Waals surface area contributed by atoms with Crippen molar-refractivity contribution in [3.8, 4) is 0 Å². The van der Waals surface area contributed by atoms with Gasteiger partial charge in [0.25, 0.3) is 5.56 Å². The average molecular weight is 412 g/mol. The molecule has 1 saturated heterocycles. The Morgan fingerprint density at radius 2 is 1.76 bits per heavy atom. The van der Waals surface area contributed by atoms with Crippen molar-refractivity contribution in [3.05, 3.63) is 32.1 Å². The van der Waals surface area contributed by atoms with E-state index in [2.05, 4.69) is 4.98 Å². The van der Waals surface area contributed by atoms with Gasteiger partial charge in [0, 0.05) is 11.6 Å². The molecule has 3 aliphatic rings. The van der Waals surface area contributed by atoms with Gasteiger partial charge in [-0.15, -0.1) is 0 Å².